The minimum absolute atomic E-state index is 0. The highest BCUT2D eigenvalue weighted by atomic mass is 127. The van der Waals surface area contributed by atoms with Crippen LogP contribution in [-0.4, -0.2) is 52.1 Å². The summed E-state index contributed by atoms with van der Waals surface area (Å²) in [7, 11) is 1.80. The number of aliphatic imine (C=N–C) groups is 1. The van der Waals surface area contributed by atoms with Crippen LogP contribution in [-0.2, 0) is 22.4 Å². The number of aryl methyl sites for hydroxylation is 1. The Morgan fingerprint density at radius 2 is 1.94 bits per heavy atom. The number of benzene rings is 2. The monoisotopic (exact) mass is 551 g/mol. The fourth-order valence-corrected chi connectivity index (χ4v) is 3.93. The molecule has 0 saturated carbocycles. The molecule has 2 aliphatic heterocycles. The largest absolute Gasteiger partial charge is 0.493 e. The van der Waals surface area contributed by atoms with Crippen molar-refractivity contribution < 1.29 is 14.2 Å². The van der Waals surface area contributed by atoms with Crippen LogP contribution in [0.5, 0.6) is 5.75 Å². The van der Waals surface area contributed by atoms with E-state index in [1.807, 2.05) is 0 Å². The van der Waals surface area contributed by atoms with Gasteiger partial charge in [0.05, 0.1) is 19.3 Å². The average molecular weight is 551 g/mol. The normalized spacial score (nSPS) is 17.8. The smallest absolute Gasteiger partial charge is 0.191 e. The van der Waals surface area contributed by atoms with Crippen LogP contribution in [0.15, 0.2) is 47.5 Å². The van der Waals surface area contributed by atoms with Crippen LogP contribution in [0.4, 0.5) is 0 Å². The summed E-state index contributed by atoms with van der Waals surface area (Å²) in [5.74, 6) is 1.84. The average Bonchev–Trinajstić information content (AvgIpc) is 3.34. The molecular weight excluding hydrogens is 517 g/mol. The van der Waals surface area contributed by atoms with Gasteiger partial charge in [0, 0.05) is 33.4 Å². The molecule has 174 valence electrons. The van der Waals surface area contributed by atoms with Gasteiger partial charge in [-0.05, 0) is 60.1 Å². The van der Waals surface area contributed by atoms with Gasteiger partial charge in [-0.15, -0.1) is 24.0 Å². The van der Waals surface area contributed by atoms with E-state index in [0.717, 1.165) is 76.9 Å². The predicted octanol–water partition coefficient (Wildman–Crippen LogP) is 4.16. The molecule has 7 heteroatoms. The predicted molar refractivity (Wildman–Crippen MR) is 139 cm³/mol. The number of halogens is 1. The van der Waals surface area contributed by atoms with E-state index in [9.17, 15) is 0 Å². The van der Waals surface area contributed by atoms with E-state index in [4.69, 9.17) is 14.2 Å². The summed E-state index contributed by atoms with van der Waals surface area (Å²) in [6, 6.07) is 15.2. The number of hydrogen-bond donors (Lipinski definition) is 2. The van der Waals surface area contributed by atoms with Gasteiger partial charge in [-0.1, -0.05) is 30.3 Å². The van der Waals surface area contributed by atoms with Gasteiger partial charge >= 0.3 is 0 Å². The molecule has 1 unspecified atom stereocenters. The molecule has 2 N–H and O–H groups in total. The summed E-state index contributed by atoms with van der Waals surface area (Å²) in [6.07, 6.45) is 4.42. The van der Waals surface area contributed by atoms with Gasteiger partial charge in [0.2, 0.25) is 0 Å². The Labute approximate surface area is 208 Å². The zero-order chi connectivity index (χ0) is 21.3. The topological polar surface area (TPSA) is 64.1 Å². The second-order valence-electron chi connectivity index (χ2n) is 8.03. The molecule has 2 aliphatic rings. The second kappa shape index (κ2) is 13.0. The summed E-state index contributed by atoms with van der Waals surface area (Å²) in [4.78, 5) is 4.31. The molecule has 1 saturated heterocycles. The van der Waals surface area contributed by atoms with Crippen LogP contribution in [0.1, 0.15) is 30.4 Å². The maximum Gasteiger partial charge on any atom is 0.191 e. The first-order valence-electron chi connectivity index (χ1n) is 11.3. The Balaban J connectivity index is 0.00000289. The molecule has 0 bridgehead atoms. The fourth-order valence-electron chi connectivity index (χ4n) is 3.93. The number of ether oxygens (including phenoxy) is 3. The Kier molecular flexibility index (Phi) is 10.1. The van der Waals surface area contributed by atoms with Gasteiger partial charge in [0.25, 0.3) is 0 Å². The fraction of sp³-hybridized carbons (Fsp3) is 0.480. The molecule has 0 aliphatic carbocycles. The molecule has 4 rings (SSSR count). The van der Waals surface area contributed by atoms with Crippen molar-refractivity contribution in [3.05, 3.63) is 53.6 Å². The van der Waals surface area contributed by atoms with Crippen LogP contribution >= 0.6 is 24.0 Å². The Hall–Kier alpha value is -1.84. The summed E-state index contributed by atoms with van der Waals surface area (Å²) in [6.45, 7) is 4.69. The quantitative estimate of drug-likeness (QED) is 0.223. The van der Waals surface area contributed by atoms with Crippen LogP contribution < -0.4 is 15.4 Å². The lowest BCUT2D eigenvalue weighted by atomic mass is 9.98. The van der Waals surface area contributed by atoms with Crippen molar-refractivity contribution in [2.24, 2.45) is 4.99 Å². The summed E-state index contributed by atoms with van der Waals surface area (Å²) >= 11 is 0. The van der Waals surface area contributed by atoms with Crippen molar-refractivity contribution in [1.82, 2.24) is 10.6 Å². The van der Waals surface area contributed by atoms with Crippen molar-refractivity contribution in [2.75, 3.05) is 40.0 Å². The van der Waals surface area contributed by atoms with Crippen molar-refractivity contribution in [2.45, 2.75) is 38.3 Å². The summed E-state index contributed by atoms with van der Waals surface area (Å²) < 4.78 is 16.8. The first kappa shape index (κ1) is 24.8. The van der Waals surface area contributed by atoms with E-state index in [1.54, 1.807) is 7.05 Å². The molecule has 0 spiro atoms. The summed E-state index contributed by atoms with van der Waals surface area (Å²) in [5.41, 5.74) is 5.00. The number of nitrogens with zero attached hydrogens (tertiary/aromatic N) is 1. The molecule has 6 nitrogen and oxygen atoms in total. The molecule has 32 heavy (non-hydrogen) atoms. The van der Waals surface area contributed by atoms with Gasteiger partial charge in [-0.3, -0.25) is 4.99 Å². The van der Waals surface area contributed by atoms with Crippen LogP contribution in [0.25, 0.3) is 11.1 Å². The SMILES string of the molecule is CN=C(NCCCOC1CCOC1)NCc1ccc(-c2ccc3c(c2)CCCO3)cc1.I. The van der Waals surface area contributed by atoms with Crippen LogP contribution in [0, 0.1) is 0 Å². The van der Waals surface area contributed by atoms with E-state index < -0.39 is 0 Å². The molecule has 2 heterocycles. The van der Waals surface area contributed by atoms with Crippen molar-refractivity contribution in [1.29, 1.82) is 0 Å². The molecule has 2 aromatic carbocycles. The highest BCUT2D eigenvalue weighted by Gasteiger charge is 2.15. The Morgan fingerprint density at radius 1 is 1.09 bits per heavy atom. The van der Waals surface area contributed by atoms with E-state index in [-0.39, 0.29) is 30.1 Å². The second-order valence-corrected chi connectivity index (χ2v) is 8.03. The van der Waals surface area contributed by atoms with E-state index in [0.29, 0.717) is 0 Å². The standard InChI is InChI=1S/C25H33N3O3.HI/c1-26-25(27-12-3-14-30-23-11-15-29-18-23)28-17-19-5-7-20(8-6-19)21-9-10-24-22(16-21)4-2-13-31-24;/h5-10,16,23H,2-4,11-15,17-18H2,1H3,(H2,26,27,28);1H. The molecule has 2 aromatic rings. The Morgan fingerprint density at radius 3 is 2.72 bits per heavy atom. The van der Waals surface area contributed by atoms with Gasteiger partial charge in [0.15, 0.2) is 5.96 Å². The van der Waals surface area contributed by atoms with Crippen molar-refractivity contribution in [3.8, 4) is 16.9 Å². The van der Waals surface area contributed by atoms with Gasteiger partial charge in [-0.2, -0.15) is 0 Å². The minimum atomic E-state index is 0. The molecular formula is C25H34IN3O3. The minimum Gasteiger partial charge on any atom is -0.493 e. The molecule has 0 aromatic heterocycles. The van der Waals surface area contributed by atoms with Crippen LogP contribution in [0.2, 0.25) is 0 Å². The number of nitrogens with one attached hydrogen (secondary N) is 2. The third-order valence-corrected chi connectivity index (χ3v) is 5.73. The first-order valence-corrected chi connectivity index (χ1v) is 11.3. The molecule has 1 atom stereocenters. The summed E-state index contributed by atoms with van der Waals surface area (Å²) in [5, 5.41) is 6.73. The van der Waals surface area contributed by atoms with Gasteiger partial charge < -0.3 is 24.8 Å². The molecule has 1 fully saturated rings. The van der Waals surface area contributed by atoms with E-state index in [2.05, 4.69) is 58.1 Å². The third-order valence-electron chi connectivity index (χ3n) is 5.73. The van der Waals surface area contributed by atoms with Gasteiger partial charge in [0.1, 0.15) is 5.75 Å². The highest BCUT2D eigenvalue weighted by Crippen LogP contribution is 2.30. The first-order chi connectivity index (χ1) is 15.3. The van der Waals surface area contributed by atoms with E-state index in [1.165, 1.54) is 22.3 Å². The maximum absolute atomic E-state index is 5.79. The highest BCUT2D eigenvalue weighted by molar-refractivity contribution is 14.0. The number of guanidine groups is 1. The lowest BCUT2D eigenvalue weighted by Gasteiger charge is -2.18. The number of fused-ring (bicyclic) bond motifs is 1. The van der Waals surface area contributed by atoms with E-state index >= 15 is 0 Å². The molecule has 0 radical (unpaired) electrons. The number of hydrogen-bond acceptors (Lipinski definition) is 4. The zero-order valence-corrected chi connectivity index (χ0v) is 21.1. The van der Waals surface area contributed by atoms with Gasteiger partial charge in [-0.25, -0.2) is 0 Å². The lowest BCUT2D eigenvalue weighted by Crippen LogP contribution is -2.37. The maximum atomic E-state index is 5.79. The zero-order valence-electron chi connectivity index (χ0n) is 18.8. The Bertz CT molecular complexity index is 867. The lowest BCUT2D eigenvalue weighted by molar-refractivity contribution is 0.0420. The third kappa shape index (κ3) is 7.08. The van der Waals surface area contributed by atoms with Crippen molar-refractivity contribution >= 4 is 29.9 Å². The number of rotatable bonds is 8. The van der Waals surface area contributed by atoms with Crippen molar-refractivity contribution in [3.63, 3.8) is 0 Å². The van der Waals surface area contributed by atoms with Crippen LogP contribution in [0.3, 0.4) is 0 Å². The molecule has 0 amide bonds.